The Morgan fingerprint density at radius 1 is 1.09 bits per heavy atom. The predicted octanol–water partition coefficient (Wildman–Crippen LogP) is 5.02. The fourth-order valence-corrected chi connectivity index (χ4v) is 4.36. The molecule has 1 heterocycles. The molecule has 2 amide bonds. The number of carbonyl (C=O) groups excluding carboxylic acids is 3. The number of thioether (sulfide) groups is 1. The standard InChI is InChI=1S/C26H35ClN2O5S/c1-4-5-8-22(24(30)17-35-16-21-7-6-13-33-21)29-26(32)23(14-18(2)3)28-25(31)15-34-20-11-9-19(27)10-12-20/h6-7,9-13,18,22-23H,4-5,8,14-17H2,1-3H3,(H,28,31)(H,29,32). The Kier molecular flexibility index (Phi) is 12.8. The number of hydrogen-bond donors (Lipinski definition) is 2. The second-order valence-corrected chi connectivity index (χ2v) is 10.2. The van der Waals surface area contributed by atoms with E-state index in [4.69, 9.17) is 20.8 Å². The molecule has 0 aliphatic heterocycles. The lowest BCUT2D eigenvalue weighted by Gasteiger charge is -2.24. The maximum atomic E-state index is 13.1. The minimum atomic E-state index is -0.760. The molecule has 0 bridgehead atoms. The zero-order valence-electron chi connectivity index (χ0n) is 20.6. The molecule has 2 atom stereocenters. The van der Waals surface area contributed by atoms with E-state index in [1.54, 1.807) is 30.5 Å². The lowest BCUT2D eigenvalue weighted by atomic mass is 10.0. The number of ketones is 1. The van der Waals surface area contributed by atoms with E-state index < -0.39 is 18.0 Å². The van der Waals surface area contributed by atoms with Crippen LogP contribution >= 0.6 is 23.4 Å². The van der Waals surface area contributed by atoms with Crippen LogP contribution in [-0.2, 0) is 20.1 Å². The van der Waals surface area contributed by atoms with E-state index in [0.717, 1.165) is 18.6 Å². The summed E-state index contributed by atoms with van der Waals surface area (Å²) in [4.78, 5) is 38.5. The second-order valence-electron chi connectivity index (χ2n) is 8.73. The van der Waals surface area contributed by atoms with Gasteiger partial charge in [-0.25, -0.2) is 0 Å². The third-order valence-electron chi connectivity index (χ3n) is 5.16. The molecular weight excluding hydrogens is 488 g/mol. The zero-order valence-corrected chi connectivity index (χ0v) is 22.1. The van der Waals surface area contributed by atoms with Crippen molar-refractivity contribution in [3.63, 3.8) is 0 Å². The molecule has 35 heavy (non-hydrogen) atoms. The van der Waals surface area contributed by atoms with Gasteiger partial charge in [-0.15, -0.1) is 11.8 Å². The summed E-state index contributed by atoms with van der Waals surface area (Å²) < 4.78 is 10.8. The van der Waals surface area contributed by atoms with Crippen LogP contribution in [0.4, 0.5) is 0 Å². The van der Waals surface area contributed by atoms with Crippen molar-refractivity contribution < 1.29 is 23.5 Å². The van der Waals surface area contributed by atoms with Crippen LogP contribution in [0.1, 0.15) is 52.2 Å². The van der Waals surface area contributed by atoms with Gasteiger partial charge in [-0.3, -0.25) is 14.4 Å². The van der Waals surface area contributed by atoms with Crippen molar-refractivity contribution in [1.29, 1.82) is 0 Å². The average molecular weight is 523 g/mol. The maximum Gasteiger partial charge on any atom is 0.258 e. The fraction of sp³-hybridized carbons (Fsp3) is 0.500. The van der Waals surface area contributed by atoms with Crippen LogP contribution in [0.2, 0.25) is 5.02 Å². The van der Waals surface area contributed by atoms with Gasteiger partial charge in [0.2, 0.25) is 5.91 Å². The van der Waals surface area contributed by atoms with E-state index in [2.05, 4.69) is 10.6 Å². The van der Waals surface area contributed by atoms with Gasteiger partial charge < -0.3 is 19.8 Å². The Bertz CT molecular complexity index is 918. The third kappa shape index (κ3) is 11.2. The Balaban J connectivity index is 1.93. The largest absolute Gasteiger partial charge is 0.484 e. The quantitative estimate of drug-likeness (QED) is 0.321. The number of rotatable bonds is 16. The number of benzene rings is 1. The summed E-state index contributed by atoms with van der Waals surface area (Å²) in [6.07, 6.45) is 4.33. The van der Waals surface area contributed by atoms with Gasteiger partial charge >= 0.3 is 0 Å². The molecule has 0 saturated carbocycles. The molecule has 9 heteroatoms. The summed E-state index contributed by atoms with van der Waals surface area (Å²) in [7, 11) is 0. The van der Waals surface area contributed by atoms with E-state index in [9.17, 15) is 14.4 Å². The monoisotopic (exact) mass is 522 g/mol. The molecule has 2 unspecified atom stereocenters. The number of carbonyl (C=O) groups is 3. The van der Waals surface area contributed by atoms with Crippen molar-refractivity contribution >= 4 is 41.0 Å². The molecule has 0 spiro atoms. The number of amides is 2. The van der Waals surface area contributed by atoms with Crippen LogP contribution in [0.3, 0.4) is 0 Å². The van der Waals surface area contributed by atoms with E-state index in [1.807, 2.05) is 32.9 Å². The van der Waals surface area contributed by atoms with Crippen molar-refractivity contribution in [1.82, 2.24) is 10.6 Å². The van der Waals surface area contributed by atoms with Crippen LogP contribution in [-0.4, -0.2) is 42.0 Å². The SMILES string of the molecule is CCCCC(NC(=O)C(CC(C)C)NC(=O)COc1ccc(Cl)cc1)C(=O)CSCc1ccco1. The summed E-state index contributed by atoms with van der Waals surface area (Å²) in [5, 5.41) is 6.22. The average Bonchev–Trinajstić information content (AvgIpc) is 3.34. The van der Waals surface area contributed by atoms with Gasteiger partial charge in [-0.05, 0) is 55.2 Å². The molecule has 2 N–H and O–H groups in total. The Morgan fingerprint density at radius 3 is 2.46 bits per heavy atom. The maximum absolute atomic E-state index is 13.1. The molecule has 2 rings (SSSR count). The van der Waals surface area contributed by atoms with E-state index in [1.165, 1.54) is 11.8 Å². The number of Topliss-reactive ketones (excluding diaryl/α,β-unsaturated/α-hetero) is 1. The van der Waals surface area contributed by atoms with Crippen LogP contribution in [0.5, 0.6) is 5.75 Å². The first-order chi connectivity index (χ1) is 16.8. The van der Waals surface area contributed by atoms with Gasteiger partial charge in [0.15, 0.2) is 12.4 Å². The Morgan fingerprint density at radius 2 is 1.83 bits per heavy atom. The van der Waals surface area contributed by atoms with Crippen LogP contribution in [0.15, 0.2) is 47.1 Å². The van der Waals surface area contributed by atoms with Crippen molar-refractivity contribution in [3.05, 3.63) is 53.4 Å². The van der Waals surface area contributed by atoms with Crippen LogP contribution < -0.4 is 15.4 Å². The van der Waals surface area contributed by atoms with E-state index in [0.29, 0.717) is 29.4 Å². The van der Waals surface area contributed by atoms with Crippen molar-refractivity contribution in [2.75, 3.05) is 12.4 Å². The highest BCUT2D eigenvalue weighted by Crippen LogP contribution is 2.16. The number of furan rings is 1. The molecule has 0 fully saturated rings. The molecular formula is C26H35ClN2O5S. The lowest BCUT2D eigenvalue weighted by Crippen LogP contribution is -2.53. The van der Waals surface area contributed by atoms with Gasteiger partial charge in [-0.2, -0.15) is 0 Å². The Hall–Kier alpha value is -2.45. The third-order valence-corrected chi connectivity index (χ3v) is 6.39. The number of ether oxygens (including phenoxy) is 1. The Labute approximate surface area is 216 Å². The van der Waals surface area contributed by atoms with E-state index in [-0.39, 0.29) is 30.0 Å². The van der Waals surface area contributed by atoms with Gasteiger partial charge in [0.25, 0.3) is 5.91 Å². The topological polar surface area (TPSA) is 97.6 Å². The fourth-order valence-electron chi connectivity index (χ4n) is 3.36. The highest BCUT2D eigenvalue weighted by Gasteiger charge is 2.27. The highest BCUT2D eigenvalue weighted by atomic mass is 35.5. The zero-order chi connectivity index (χ0) is 25.6. The molecule has 1 aromatic heterocycles. The number of unbranched alkanes of at least 4 members (excludes halogenated alkanes) is 1. The van der Waals surface area contributed by atoms with Gasteiger partial charge in [-0.1, -0.05) is 45.2 Å². The first-order valence-electron chi connectivity index (χ1n) is 11.9. The first-order valence-corrected chi connectivity index (χ1v) is 13.4. The smallest absolute Gasteiger partial charge is 0.258 e. The molecule has 1 aromatic carbocycles. The molecule has 0 radical (unpaired) electrons. The number of nitrogens with one attached hydrogen (secondary N) is 2. The van der Waals surface area contributed by atoms with Crippen LogP contribution in [0.25, 0.3) is 0 Å². The lowest BCUT2D eigenvalue weighted by molar-refractivity contribution is -0.132. The number of halogens is 1. The minimum Gasteiger partial charge on any atom is -0.484 e. The normalized spacial score (nSPS) is 12.7. The van der Waals surface area contributed by atoms with Gasteiger partial charge in [0.05, 0.1) is 23.8 Å². The summed E-state index contributed by atoms with van der Waals surface area (Å²) in [6.45, 7) is 5.76. The van der Waals surface area contributed by atoms with Crippen molar-refractivity contribution in [2.45, 2.75) is 64.3 Å². The summed E-state index contributed by atoms with van der Waals surface area (Å²) in [5.41, 5.74) is 0. The summed E-state index contributed by atoms with van der Waals surface area (Å²) in [6, 6.07) is 9.00. The molecule has 0 saturated heterocycles. The molecule has 0 aliphatic carbocycles. The van der Waals surface area contributed by atoms with Gasteiger partial charge in [0, 0.05) is 5.02 Å². The summed E-state index contributed by atoms with van der Waals surface area (Å²) in [5.74, 6) is 1.53. The molecule has 2 aromatic rings. The second kappa shape index (κ2) is 15.5. The van der Waals surface area contributed by atoms with E-state index >= 15 is 0 Å². The van der Waals surface area contributed by atoms with Crippen LogP contribution in [0, 0.1) is 5.92 Å². The predicted molar refractivity (Wildman–Crippen MR) is 140 cm³/mol. The highest BCUT2D eigenvalue weighted by molar-refractivity contribution is 7.99. The summed E-state index contributed by atoms with van der Waals surface area (Å²) >= 11 is 7.32. The number of hydrogen-bond acceptors (Lipinski definition) is 6. The first kappa shape index (κ1) is 28.8. The molecule has 192 valence electrons. The minimum absolute atomic E-state index is 0.0379. The van der Waals surface area contributed by atoms with Gasteiger partial charge in [0.1, 0.15) is 17.6 Å². The molecule has 7 nitrogen and oxygen atoms in total. The van der Waals surface area contributed by atoms with Crippen molar-refractivity contribution in [2.24, 2.45) is 5.92 Å². The molecule has 0 aliphatic rings. The van der Waals surface area contributed by atoms with Crippen molar-refractivity contribution in [3.8, 4) is 5.75 Å².